The molecule has 0 spiro atoms. The fourth-order valence-corrected chi connectivity index (χ4v) is 2.21. The Labute approximate surface area is 123 Å². The summed E-state index contributed by atoms with van der Waals surface area (Å²) < 4.78 is 39.8. The number of anilines is 1. The summed E-state index contributed by atoms with van der Waals surface area (Å²) in [5.41, 5.74) is 1.34. The highest BCUT2D eigenvalue weighted by molar-refractivity contribution is 5.79. The lowest BCUT2D eigenvalue weighted by molar-refractivity contribution is -0.137. The highest BCUT2D eigenvalue weighted by Crippen LogP contribution is 2.31. The summed E-state index contributed by atoms with van der Waals surface area (Å²) in [6.07, 6.45) is -2.39. The van der Waals surface area contributed by atoms with E-state index in [2.05, 4.69) is 10.3 Å². The zero-order valence-electron chi connectivity index (χ0n) is 11.1. The van der Waals surface area contributed by atoms with E-state index in [0.717, 1.165) is 12.1 Å². The number of aromatic nitrogens is 2. The maximum Gasteiger partial charge on any atom is 0.416 e. The van der Waals surface area contributed by atoms with Crippen molar-refractivity contribution in [1.82, 2.24) is 9.55 Å². The lowest BCUT2D eigenvalue weighted by Gasteiger charge is -2.08. The predicted octanol–water partition coefficient (Wildman–Crippen LogP) is 3.61. The number of amides is 1. The second-order valence-electron chi connectivity index (χ2n) is 4.63. The molecule has 0 aliphatic rings. The molecule has 3 rings (SSSR count). The van der Waals surface area contributed by atoms with Crippen LogP contribution in [0.4, 0.5) is 18.9 Å². The van der Waals surface area contributed by atoms with Crippen LogP contribution in [0.1, 0.15) is 5.56 Å². The van der Waals surface area contributed by atoms with E-state index in [1.54, 1.807) is 28.8 Å². The Morgan fingerprint density at radius 2 is 1.95 bits per heavy atom. The van der Waals surface area contributed by atoms with Gasteiger partial charge in [0.1, 0.15) is 6.33 Å². The number of fused-ring (bicyclic) bond motifs is 1. The smallest absolute Gasteiger partial charge is 0.329 e. The van der Waals surface area contributed by atoms with Crippen molar-refractivity contribution in [3.05, 3.63) is 54.4 Å². The first-order valence-corrected chi connectivity index (χ1v) is 6.34. The third kappa shape index (κ3) is 2.52. The summed E-state index contributed by atoms with van der Waals surface area (Å²) in [7, 11) is 0. The van der Waals surface area contributed by atoms with Gasteiger partial charge in [-0.15, -0.1) is 0 Å². The van der Waals surface area contributed by atoms with Gasteiger partial charge < -0.3 is 5.32 Å². The van der Waals surface area contributed by atoms with Crippen LogP contribution in [0.2, 0.25) is 0 Å². The third-order valence-corrected chi connectivity index (χ3v) is 3.22. The Balaban J connectivity index is 2.09. The van der Waals surface area contributed by atoms with Crippen molar-refractivity contribution in [1.29, 1.82) is 0 Å². The molecule has 0 fully saturated rings. The molecule has 0 radical (unpaired) electrons. The van der Waals surface area contributed by atoms with E-state index in [1.165, 1.54) is 12.4 Å². The second-order valence-corrected chi connectivity index (χ2v) is 4.63. The van der Waals surface area contributed by atoms with E-state index < -0.39 is 11.7 Å². The molecule has 0 aliphatic carbocycles. The number of alkyl halides is 3. The van der Waals surface area contributed by atoms with Crippen LogP contribution in [-0.2, 0) is 11.0 Å². The van der Waals surface area contributed by atoms with Crippen LogP contribution in [0.5, 0.6) is 0 Å². The number of benzene rings is 2. The summed E-state index contributed by atoms with van der Waals surface area (Å²) in [4.78, 5) is 14.5. The normalized spacial score (nSPS) is 11.6. The van der Waals surface area contributed by atoms with Gasteiger partial charge in [0.2, 0.25) is 6.41 Å². The van der Waals surface area contributed by atoms with Crippen molar-refractivity contribution in [2.45, 2.75) is 6.18 Å². The minimum atomic E-state index is -4.40. The lowest BCUT2D eigenvalue weighted by atomic mass is 10.2. The van der Waals surface area contributed by atoms with Gasteiger partial charge in [-0.25, -0.2) is 4.98 Å². The van der Waals surface area contributed by atoms with Crippen LogP contribution in [-0.4, -0.2) is 16.0 Å². The fraction of sp³-hybridized carbons (Fsp3) is 0.0667. The summed E-state index contributed by atoms with van der Waals surface area (Å²) in [6.45, 7) is 0. The van der Waals surface area contributed by atoms with E-state index >= 15 is 0 Å². The van der Waals surface area contributed by atoms with Gasteiger partial charge in [-0.05, 0) is 36.4 Å². The molecule has 1 amide bonds. The molecule has 0 unspecified atom stereocenters. The van der Waals surface area contributed by atoms with Gasteiger partial charge >= 0.3 is 6.18 Å². The van der Waals surface area contributed by atoms with Gasteiger partial charge in [0, 0.05) is 11.4 Å². The number of hydrogen-bond acceptors (Lipinski definition) is 2. The summed E-state index contributed by atoms with van der Waals surface area (Å²) in [5.74, 6) is 0. The van der Waals surface area contributed by atoms with Crippen molar-refractivity contribution < 1.29 is 18.0 Å². The molecule has 112 valence electrons. The Hall–Kier alpha value is -2.83. The molecule has 1 N–H and O–H groups in total. The average Bonchev–Trinajstić information content (AvgIpc) is 2.90. The van der Waals surface area contributed by atoms with Crippen LogP contribution >= 0.6 is 0 Å². The first-order valence-electron chi connectivity index (χ1n) is 6.34. The minimum Gasteiger partial charge on any atom is -0.329 e. The topological polar surface area (TPSA) is 46.9 Å². The molecule has 4 nitrogen and oxygen atoms in total. The van der Waals surface area contributed by atoms with Crippen molar-refractivity contribution in [2.75, 3.05) is 5.32 Å². The monoisotopic (exact) mass is 305 g/mol. The maximum absolute atomic E-state index is 12.7. The first kappa shape index (κ1) is 14.1. The number of carbonyl (C=O) groups is 1. The van der Waals surface area contributed by atoms with E-state index in [1.807, 2.05) is 0 Å². The standard InChI is InChI=1S/C15H10F3N3O/c16-15(17,18)10-4-5-14-13(6-10)19-8-21(14)12-3-1-2-11(7-12)20-9-22/h1-9H,(H,20,22). The maximum atomic E-state index is 12.7. The van der Waals surface area contributed by atoms with Gasteiger partial charge in [-0.2, -0.15) is 13.2 Å². The summed E-state index contributed by atoms with van der Waals surface area (Å²) in [5, 5.41) is 2.52. The second kappa shape index (κ2) is 5.18. The summed E-state index contributed by atoms with van der Waals surface area (Å²) >= 11 is 0. The number of nitrogens with one attached hydrogen (secondary N) is 1. The molecule has 7 heteroatoms. The third-order valence-electron chi connectivity index (χ3n) is 3.22. The van der Waals surface area contributed by atoms with Crippen LogP contribution in [0, 0.1) is 0 Å². The molecular formula is C15H10F3N3O. The van der Waals surface area contributed by atoms with Crippen LogP contribution in [0.15, 0.2) is 48.8 Å². The molecule has 0 saturated carbocycles. The van der Waals surface area contributed by atoms with Gasteiger partial charge in [-0.1, -0.05) is 6.07 Å². The average molecular weight is 305 g/mol. The number of halogens is 3. The van der Waals surface area contributed by atoms with Crippen molar-refractivity contribution in [3.8, 4) is 5.69 Å². The molecule has 0 bridgehead atoms. The van der Waals surface area contributed by atoms with Gasteiger partial charge in [0.05, 0.1) is 16.6 Å². The van der Waals surface area contributed by atoms with Crippen LogP contribution in [0.3, 0.4) is 0 Å². The minimum absolute atomic E-state index is 0.253. The highest BCUT2D eigenvalue weighted by atomic mass is 19.4. The lowest BCUT2D eigenvalue weighted by Crippen LogP contribution is -2.04. The predicted molar refractivity (Wildman–Crippen MR) is 75.8 cm³/mol. The zero-order chi connectivity index (χ0) is 15.7. The molecule has 1 heterocycles. The fourth-order valence-electron chi connectivity index (χ4n) is 2.21. The number of carbonyl (C=O) groups excluding carboxylic acids is 1. The van der Waals surface area contributed by atoms with Gasteiger partial charge in [0.15, 0.2) is 0 Å². The van der Waals surface area contributed by atoms with Crippen LogP contribution in [0.25, 0.3) is 16.7 Å². The number of rotatable bonds is 3. The van der Waals surface area contributed by atoms with E-state index in [9.17, 15) is 18.0 Å². The molecule has 0 aliphatic heterocycles. The molecule has 2 aromatic carbocycles. The van der Waals surface area contributed by atoms with Crippen LogP contribution < -0.4 is 5.32 Å². The molecule has 1 aromatic heterocycles. The molecule has 0 saturated heterocycles. The van der Waals surface area contributed by atoms with Crippen molar-refractivity contribution in [3.63, 3.8) is 0 Å². The Bertz CT molecular complexity index is 839. The van der Waals surface area contributed by atoms with Crippen molar-refractivity contribution in [2.24, 2.45) is 0 Å². The number of nitrogens with zero attached hydrogens (tertiary/aromatic N) is 2. The van der Waals surface area contributed by atoms with E-state index in [4.69, 9.17) is 0 Å². The van der Waals surface area contributed by atoms with Crippen molar-refractivity contribution >= 4 is 23.1 Å². The van der Waals surface area contributed by atoms with Gasteiger partial charge in [0.25, 0.3) is 0 Å². The van der Waals surface area contributed by atoms with Gasteiger partial charge in [-0.3, -0.25) is 9.36 Å². The molecular weight excluding hydrogens is 295 g/mol. The summed E-state index contributed by atoms with van der Waals surface area (Å²) in [6, 6.07) is 10.3. The van der Waals surface area contributed by atoms with E-state index in [0.29, 0.717) is 23.3 Å². The Morgan fingerprint density at radius 1 is 1.14 bits per heavy atom. The largest absolute Gasteiger partial charge is 0.416 e. The molecule has 3 aromatic rings. The zero-order valence-corrected chi connectivity index (χ0v) is 11.1. The Kier molecular flexibility index (Phi) is 3.32. The first-order chi connectivity index (χ1) is 10.5. The Morgan fingerprint density at radius 3 is 2.68 bits per heavy atom. The number of hydrogen-bond donors (Lipinski definition) is 1. The quantitative estimate of drug-likeness (QED) is 0.751. The SMILES string of the molecule is O=CNc1cccc(-n2cnc3cc(C(F)(F)F)ccc32)c1. The molecule has 0 atom stereocenters. The highest BCUT2D eigenvalue weighted by Gasteiger charge is 2.30. The molecule has 22 heavy (non-hydrogen) atoms. The van der Waals surface area contributed by atoms with E-state index in [-0.39, 0.29) is 5.52 Å². The number of imidazole rings is 1.